The predicted octanol–water partition coefficient (Wildman–Crippen LogP) is 2.33. The second kappa shape index (κ2) is 8.40. The standard InChI is InChI=1S/C17H25N3O2/c1-5-20(13-16(21)19-17(2,3)4)12-14-6-8-15(9-7-14)22-11-10-18/h6-9H,5,11-13H2,1-4H3,(H,19,21). The molecule has 1 amide bonds. The monoisotopic (exact) mass is 303 g/mol. The van der Waals surface area contributed by atoms with Crippen LogP contribution in [0.5, 0.6) is 5.75 Å². The van der Waals surface area contributed by atoms with Crippen LogP contribution in [-0.4, -0.2) is 36.0 Å². The van der Waals surface area contributed by atoms with E-state index in [4.69, 9.17) is 10.00 Å². The number of likely N-dealkylation sites (N-methyl/N-ethyl adjacent to an activating group) is 1. The molecule has 0 aliphatic carbocycles. The van der Waals surface area contributed by atoms with Gasteiger partial charge in [-0.1, -0.05) is 19.1 Å². The van der Waals surface area contributed by atoms with Gasteiger partial charge in [0, 0.05) is 12.1 Å². The topological polar surface area (TPSA) is 65.4 Å². The number of hydrogen-bond acceptors (Lipinski definition) is 4. The van der Waals surface area contributed by atoms with Crippen molar-refractivity contribution in [2.24, 2.45) is 0 Å². The van der Waals surface area contributed by atoms with Gasteiger partial charge in [-0.2, -0.15) is 5.26 Å². The van der Waals surface area contributed by atoms with Crippen molar-refractivity contribution in [1.82, 2.24) is 10.2 Å². The van der Waals surface area contributed by atoms with Gasteiger partial charge >= 0.3 is 0 Å². The zero-order valence-corrected chi connectivity index (χ0v) is 13.8. The molecule has 120 valence electrons. The SMILES string of the molecule is CCN(CC(=O)NC(C)(C)C)Cc1ccc(OCC#N)cc1. The molecule has 5 nitrogen and oxygen atoms in total. The van der Waals surface area contributed by atoms with E-state index in [1.807, 2.05) is 58.0 Å². The Morgan fingerprint density at radius 2 is 1.95 bits per heavy atom. The van der Waals surface area contributed by atoms with E-state index in [1.165, 1.54) is 0 Å². The largest absolute Gasteiger partial charge is 0.479 e. The molecule has 0 spiro atoms. The maximum absolute atomic E-state index is 12.0. The average molecular weight is 303 g/mol. The van der Waals surface area contributed by atoms with Gasteiger partial charge in [0.25, 0.3) is 0 Å². The fraction of sp³-hybridized carbons (Fsp3) is 0.529. The molecular formula is C17H25N3O2. The maximum Gasteiger partial charge on any atom is 0.234 e. The van der Waals surface area contributed by atoms with Crippen LogP contribution in [-0.2, 0) is 11.3 Å². The lowest BCUT2D eigenvalue weighted by Gasteiger charge is -2.25. The summed E-state index contributed by atoms with van der Waals surface area (Å²) < 4.78 is 5.22. The van der Waals surface area contributed by atoms with Crippen LogP contribution in [0.4, 0.5) is 0 Å². The zero-order valence-electron chi connectivity index (χ0n) is 13.8. The fourth-order valence-electron chi connectivity index (χ4n) is 2.01. The smallest absolute Gasteiger partial charge is 0.234 e. The van der Waals surface area contributed by atoms with Crippen molar-refractivity contribution in [3.05, 3.63) is 29.8 Å². The quantitative estimate of drug-likeness (QED) is 0.839. The first-order valence-corrected chi connectivity index (χ1v) is 7.46. The molecule has 0 aliphatic rings. The number of rotatable bonds is 7. The van der Waals surface area contributed by atoms with Crippen molar-refractivity contribution in [2.45, 2.75) is 39.8 Å². The van der Waals surface area contributed by atoms with E-state index in [-0.39, 0.29) is 18.1 Å². The van der Waals surface area contributed by atoms with Crippen LogP contribution >= 0.6 is 0 Å². The molecule has 0 aliphatic heterocycles. The van der Waals surface area contributed by atoms with Gasteiger partial charge in [0.15, 0.2) is 6.61 Å². The molecule has 0 heterocycles. The Balaban J connectivity index is 2.55. The first-order chi connectivity index (χ1) is 10.3. The van der Waals surface area contributed by atoms with Gasteiger partial charge in [0.05, 0.1) is 6.54 Å². The maximum atomic E-state index is 12.0. The van der Waals surface area contributed by atoms with Crippen molar-refractivity contribution >= 4 is 5.91 Å². The predicted molar refractivity (Wildman–Crippen MR) is 86.4 cm³/mol. The fourth-order valence-corrected chi connectivity index (χ4v) is 2.01. The average Bonchev–Trinajstić information content (AvgIpc) is 2.43. The van der Waals surface area contributed by atoms with Gasteiger partial charge < -0.3 is 10.1 Å². The van der Waals surface area contributed by atoms with Crippen molar-refractivity contribution in [1.29, 1.82) is 5.26 Å². The first kappa shape index (κ1) is 18.0. The molecule has 5 heteroatoms. The van der Waals surface area contributed by atoms with Crippen molar-refractivity contribution in [3.8, 4) is 11.8 Å². The number of nitrogens with zero attached hydrogens (tertiary/aromatic N) is 2. The Kier molecular flexibility index (Phi) is 6.87. The van der Waals surface area contributed by atoms with Crippen LogP contribution in [0.1, 0.15) is 33.3 Å². The second-order valence-electron chi connectivity index (χ2n) is 6.19. The van der Waals surface area contributed by atoms with Gasteiger partial charge in [0.2, 0.25) is 5.91 Å². The number of hydrogen-bond donors (Lipinski definition) is 1. The third kappa shape index (κ3) is 7.09. The second-order valence-corrected chi connectivity index (χ2v) is 6.19. The third-order valence-electron chi connectivity index (χ3n) is 2.96. The van der Waals surface area contributed by atoms with Gasteiger partial charge in [-0.05, 0) is 45.0 Å². The summed E-state index contributed by atoms with van der Waals surface area (Å²) in [5, 5.41) is 11.4. The van der Waals surface area contributed by atoms with Crippen LogP contribution in [0, 0.1) is 11.3 Å². The Bertz CT molecular complexity index is 512. The van der Waals surface area contributed by atoms with Crippen LogP contribution in [0.2, 0.25) is 0 Å². The van der Waals surface area contributed by atoms with Crippen molar-refractivity contribution in [2.75, 3.05) is 19.7 Å². The summed E-state index contributed by atoms with van der Waals surface area (Å²) in [6.45, 7) is 9.88. The highest BCUT2D eigenvalue weighted by Gasteiger charge is 2.16. The number of carbonyl (C=O) groups is 1. The number of amides is 1. The lowest BCUT2D eigenvalue weighted by atomic mass is 10.1. The van der Waals surface area contributed by atoms with Gasteiger partial charge in [-0.3, -0.25) is 9.69 Å². The van der Waals surface area contributed by atoms with E-state index in [2.05, 4.69) is 10.2 Å². The van der Waals surface area contributed by atoms with Gasteiger partial charge in [0.1, 0.15) is 11.8 Å². The Morgan fingerprint density at radius 1 is 1.32 bits per heavy atom. The molecule has 0 aromatic heterocycles. The summed E-state index contributed by atoms with van der Waals surface area (Å²) >= 11 is 0. The van der Waals surface area contributed by atoms with Gasteiger partial charge in [-0.25, -0.2) is 0 Å². The molecule has 0 saturated heterocycles. The van der Waals surface area contributed by atoms with Crippen LogP contribution in [0.3, 0.4) is 0 Å². The molecular weight excluding hydrogens is 278 g/mol. The molecule has 0 radical (unpaired) electrons. The number of carbonyl (C=O) groups excluding carboxylic acids is 1. The van der Waals surface area contributed by atoms with E-state index < -0.39 is 0 Å². The molecule has 0 fully saturated rings. The minimum atomic E-state index is -0.212. The highest BCUT2D eigenvalue weighted by molar-refractivity contribution is 5.78. The summed E-state index contributed by atoms with van der Waals surface area (Å²) in [7, 11) is 0. The lowest BCUT2D eigenvalue weighted by Crippen LogP contribution is -2.45. The number of nitrogens with one attached hydrogen (secondary N) is 1. The summed E-state index contributed by atoms with van der Waals surface area (Å²) in [4.78, 5) is 14.1. The molecule has 0 bridgehead atoms. The zero-order chi connectivity index (χ0) is 16.6. The molecule has 1 aromatic carbocycles. The molecule has 1 aromatic rings. The molecule has 0 atom stereocenters. The van der Waals surface area contributed by atoms with Crippen molar-refractivity contribution < 1.29 is 9.53 Å². The van der Waals surface area contributed by atoms with Gasteiger partial charge in [-0.15, -0.1) is 0 Å². The van der Waals surface area contributed by atoms with Crippen molar-refractivity contribution in [3.63, 3.8) is 0 Å². The molecule has 22 heavy (non-hydrogen) atoms. The summed E-state index contributed by atoms with van der Waals surface area (Å²) in [5.41, 5.74) is 0.894. The van der Waals surface area contributed by atoms with Crippen LogP contribution in [0.15, 0.2) is 24.3 Å². The Hall–Kier alpha value is -2.06. The third-order valence-corrected chi connectivity index (χ3v) is 2.96. The summed E-state index contributed by atoms with van der Waals surface area (Å²) in [6.07, 6.45) is 0. The van der Waals surface area contributed by atoms with E-state index in [0.29, 0.717) is 18.8 Å². The van der Waals surface area contributed by atoms with Crippen LogP contribution < -0.4 is 10.1 Å². The lowest BCUT2D eigenvalue weighted by molar-refractivity contribution is -0.123. The van der Waals surface area contributed by atoms with E-state index in [1.54, 1.807) is 0 Å². The van der Waals surface area contributed by atoms with E-state index in [9.17, 15) is 4.79 Å². The molecule has 1 N–H and O–H groups in total. The summed E-state index contributed by atoms with van der Waals surface area (Å²) in [6, 6.07) is 9.53. The first-order valence-electron chi connectivity index (χ1n) is 7.46. The Morgan fingerprint density at radius 3 is 2.45 bits per heavy atom. The highest BCUT2D eigenvalue weighted by atomic mass is 16.5. The minimum absolute atomic E-state index is 0.0309. The number of nitriles is 1. The minimum Gasteiger partial charge on any atom is -0.479 e. The highest BCUT2D eigenvalue weighted by Crippen LogP contribution is 2.13. The molecule has 1 rings (SSSR count). The number of benzene rings is 1. The van der Waals surface area contributed by atoms with E-state index >= 15 is 0 Å². The van der Waals surface area contributed by atoms with E-state index in [0.717, 1.165) is 12.1 Å². The molecule has 0 unspecified atom stereocenters. The molecule has 0 saturated carbocycles. The normalized spacial score (nSPS) is 11.1. The Labute approximate surface area is 132 Å². The summed E-state index contributed by atoms with van der Waals surface area (Å²) in [5.74, 6) is 0.710. The number of ether oxygens (including phenoxy) is 1. The van der Waals surface area contributed by atoms with Crippen LogP contribution in [0.25, 0.3) is 0 Å².